The Morgan fingerprint density at radius 2 is 1.56 bits per heavy atom. The molecule has 0 aliphatic heterocycles. The lowest BCUT2D eigenvalue weighted by atomic mass is 9.53. The minimum atomic E-state index is -0.154. The fourth-order valence-electron chi connectivity index (χ4n) is 6.11. The zero-order valence-corrected chi connectivity index (χ0v) is 15.9. The molecule has 2 N–H and O–H groups in total. The Labute approximate surface area is 160 Å². The molecule has 27 heavy (non-hydrogen) atoms. The third-order valence-electron chi connectivity index (χ3n) is 6.73. The van der Waals surface area contributed by atoms with Crippen molar-refractivity contribution >= 4 is 17.3 Å². The van der Waals surface area contributed by atoms with Gasteiger partial charge in [0.15, 0.2) is 0 Å². The van der Waals surface area contributed by atoms with Crippen LogP contribution in [-0.2, 0) is 0 Å². The van der Waals surface area contributed by atoms with Gasteiger partial charge in [-0.25, -0.2) is 4.98 Å². The summed E-state index contributed by atoms with van der Waals surface area (Å²) in [5, 5.41) is 6.96. The second-order valence-electron chi connectivity index (χ2n) is 8.99. The molecule has 4 nitrogen and oxygen atoms in total. The van der Waals surface area contributed by atoms with E-state index in [2.05, 4.69) is 21.7 Å². The van der Waals surface area contributed by atoms with Gasteiger partial charge in [-0.05, 0) is 87.5 Å². The third kappa shape index (κ3) is 3.22. The molecule has 0 saturated heterocycles. The molecular weight excluding hydrogens is 334 g/mol. The van der Waals surface area contributed by atoms with Gasteiger partial charge >= 0.3 is 0 Å². The summed E-state index contributed by atoms with van der Waals surface area (Å²) in [6, 6.07) is 13.6. The van der Waals surface area contributed by atoms with Crippen molar-refractivity contribution in [2.75, 3.05) is 10.6 Å². The molecule has 4 heteroatoms. The second-order valence-corrected chi connectivity index (χ2v) is 8.99. The first-order chi connectivity index (χ1) is 13.1. The summed E-state index contributed by atoms with van der Waals surface area (Å²) in [5.74, 6) is 2.52. The summed E-state index contributed by atoms with van der Waals surface area (Å²) in [5.41, 5.74) is 3.42. The molecule has 4 fully saturated rings. The standard InChI is InChI=1S/C23H27N3O/c1-15-5-4-8-21(24-15)22(27)25-19-6-2-3-7-20(19)26-23-12-16-9-17(13-23)11-18(10-16)14-23/h2-8,16-18,26H,9-14H2,1H3,(H,25,27). The molecule has 4 bridgehead atoms. The highest BCUT2D eigenvalue weighted by Gasteiger charge is 2.51. The minimum Gasteiger partial charge on any atom is -0.378 e. The number of hydrogen-bond donors (Lipinski definition) is 2. The maximum atomic E-state index is 12.7. The number of pyridine rings is 1. The highest BCUT2D eigenvalue weighted by molar-refractivity contribution is 6.04. The monoisotopic (exact) mass is 361 g/mol. The number of hydrogen-bond acceptors (Lipinski definition) is 3. The number of carbonyl (C=O) groups excluding carboxylic acids is 1. The molecule has 4 saturated carbocycles. The van der Waals surface area contributed by atoms with Crippen LogP contribution in [0.1, 0.15) is 54.7 Å². The number of amides is 1. The number of carbonyl (C=O) groups is 1. The van der Waals surface area contributed by atoms with Crippen LogP contribution >= 0.6 is 0 Å². The molecule has 4 aliphatic carbocycles. The third-order valence-corrected chi connectivity index (χ3v) is 6.73. The van der Waals surface area contributed by atoms with Crippen molar-refractivity contribution in [2.45, 2.75) is 51.0 Å². The number of anilines is 2. The average Bonchev–Trinajstić information content (AvgIpc) is 2.62. The van der Waals surface area contributed by atoms with E-state index in [0.717, 1.165) is 34.8 Å². The van der Waals surface area contributed by atoms with E-state index in [9.17, 15) is 4.79 Å². The molecule has 2 aromatic rings. The molecule has 0 unspecified atom stereocenters. The summed E-state index contributed by atoms with van der Waals surface area (Å²) in [6.45, 7) is 1.90. The van der Waals surface area contributed by atoms with Gasteiger partial charge in [-0.1, -0.05) is 18.2 Å². The topological polar surface area (TPSA) is 54.0 Å². The van der Waals surface area contributed by atoms with Crippen LogP contribution in [-0.4, -0.2) is 16.4 Å². The Morgan fingerprint density at radius 1 is 0.926 bits per heavy atom. The average molecular weight is 361 g/mol. The Balaban J connectivity index is 1.38. The molecule has 6 rings (SSSR count). The maximum Gasteiger partial charge on any atom is 0.274 e. The normalized spacial score (nSPS) is 30.9. The van der Waals surface area contributed by atoms with Gasteiger partial charge in [-0.2, -0.15) is 0 Å². The Bertz CT molecular complexity index is 840. The number of nitrogens with one attached hydrogen (secondary N) is 2. The molecular formula is C23H27N3O. The molecule has 140 valence electrons. The summed E-state index contributed by atoms with van der Waals surface area (Å²) in [7, 11) is 0. The van der Waals surface area contributed by atoms with Crippen molar-refractivity contribution in [2.24, 2.45) is 17.8 Å². The van der Waals surface area contributed by atoms with Gasteiger partial charge < -0.3 is 10.6 Å². The van der Waals surface area contributed by atoms with E-state index >= 15 is 0 Å². The van der Waals surface area contributed by atoms with E-state index in [1.54, 1.807) is 6.07 Å². The second kappa shape index (κ2) is 6.36. The summed E-state index contributed by atoms with van der Waals surface area (Å²) >= 11 is 0. The van der Waals surface area contributed by atoms with Gasteiger partial charge in [-0.15, -0.1) is 0 Å². The van der Waals surface area contributed by atoms with Gasteiger partial charge in [-0.3, -0.25) is 4.79 Å². The van der Waals surface area contributed by atoms with E-state index in [4.69, 9.17) is 0 Å². The highest BCUT2D eigenvalue weighted by atomic mass is 16.1. The SMILES string of the molecule is Cc1cccc(C(=O)Nc2ccccc2NC23CC4CC(CC(C4)C2)C3)n1. The number of nitrogens with zero attached hydrogens (tertiary/aromatic N) is 1. The van der Waals surface area contributed by atoms with Gasteiger partial charge in [0.05, 0.1) is 11.4 Å². The van der Waals surface area contributed by atoms with Gasteiger partial charge in [0.1, 0.15) is 5.69 Å². The lowest BCUT2D eigenvalue weighted by Gasteiger charge is -2.57. The minimum absolute atomic E-state index is 0.154. The first-order valence-electron chi connectivity index (χ1n) is 10.2. The van der Waals surface area contributed by atoms with Gasteiger partial charge in [0, 0.05) is 11.2 Å². The zero-order chi connectivity index (χ0) is 18.4. The first-order valence-corrected chi connectivity index (χ1v) is 10.2. The summed E-state index contributed by atoms with van der Waals surface area (Å²) in [4.78, 5) is 17.0. The largest absolute Gasteiger partial charge is 0.378 e. The smallest absolute Gasteiger partial charge is 0.274 e. The van der Waals surface area contributed by atoms with E-state index < -0.39 is 0 Å². The molecule has 4 aliphatic rings. The van der Waals surface area contributed by atoms with E-state index in [1.165, 1.54) is 38.5 Å². The van der Waals surface area contributed by atoms with Crippen LogP contribution in [0.3, 0.4) is 0 Å². The number of para-hydroxylation sites is 2. The summed E-state index contributed by atoms with van der Waals surface area (Å²) < 4.78 is 0. The van der Waals surface area contributed by atoms with Crippen molar-refractivity contribution in [1.82, 2.24) is 4.98 Å². The van der Waals surface area contributed by atoms with Crippen LogP contribution in [0.5, 0.6) is 0 Å². The predicted molar refractivity (Wildman–Crippen MR) is 108 cm³/mol. The van der Waals surface area contributed by atoms with Crippen LogP contribution in [0.15, 0.2) is 42.5 Å². The Kier molecular flexibility index (Phi) is 3.96. The number of rotatable bonds is 4. The van der Waals surface area contributed by atoms with E-state index in [-0.39, 0.29) is 11.4 Å². The van der Waals surface area contributed by atoms with Crippen molar-refractivity contribution < 1.29 is 4.79 Å². The number of benzene rings is 1. The quantitative estimate of drug-likeness (QED) is 0.804. The van der Waals surface area contributed by atoms with E-state index in [0.29, 0.717) is 5.69 Å². The Hall–Kier alpha value is -2.36. The van der Waals surface area contributed by atoms with Crippen molar-refractivity contribution in [1.29, 1.82) is 0 Å². The fourth-order valence-corrected chi connectivity index (χ4v) is 6.11. The predicted octanol–water partition coefficient (Wildman–Crippen LogP) is 5.02. The molecule has 0 radical (unpaired) electrons. The Morgan fingerprint density at radius 3 is 2.19 bits per heavy atom. The number of aryl methyl sites for hydroxylation is 1. The molecule has 1 aromatic heterocycles. The van der Waals surface area contributed by atoms with Crippen molar-refractivity contribution in [3.8, 4) is 0 Å². The molecule has 0 spiro atoms. The van der Waals surface area contributed by atoms with Crippen LogP contribution in [0.4, 0.5) is 11.4 Å². The molecule has 1 aromatic carbocycles. The van der Waals surface area contributed by atoms with Crippen LogP contribution in [0.25, 0.3) is 0 Å². The molecule has 1 amide bonds. The zero-order valence-electron chi connectivity index (χ0n) is 15.9. The van der Waals surface area contributed by atoms with Crippen molar-refractivity contribution in [3.63, 3.8) is 0 Å². The van der Waals surface area contributed by atoms with Gasteiger partial charge in [0.2, 0.25) is 0 Å². The fraction of sp³-hybridized carbons (Fsp3) is 0.478. The maximum absolute atomic E-state index is 12.7. The lowest BCUT2D eigenvalue weighted by molar-refractivity contribution is 0.0107. The van der Waals surface area contributed by atoms with Crippen LogP contribution in [0, 0.1) is 24.7 Å². The first kappa shape index (κ1) is 16.8. The lowest BCUT2D eigenvalue weighted by Crippen LogP contribution is -2.54. The number of aromatic nitrogens is 1. The highest BCUT2D eigenvalue weighted by Crippen LogP contribution is 2.56. The molecule has 1 heterocycles. The van der Waals surface area contributed by atoms with Crippen molar-refractivity contribution in [3.05, 3.63) is 53.9 Å². The van der Waals surface area contributed by atoms with E-state index in [1.807, 2.05) is 37.3 Å². The van der Waals surface area contributed by atoms with Crippen LogP contribution in [0.2, 0.25) is 0 Å². The molecule has 0 atom stereocenters. The van der Waals surface area contributed by atoms with Gasteiger partial charge in [0.25, 0.3) is 5.91 Å². The van der Waals surface area contributed by atoms with Crippen LogP contribution < -0.4 is 10.6 Å². The summed E-state index contributed by atoms with van der Waals surface area (Å²) in [6.07, 6.45) is 8.12.